The number of anilines is 2. The minimum atomic E-state index is -0.291. The highest BCUT2D eigenvalue weighted by atomic mass is 16.5. The number of benzene rings is 2. The van der Waals surface area contributed by atoms with E-state index in [9.17, 15) is 4.79 Å². The van der Waals surface area contributed by atoms with Gasteiger partial charge in [-0.3, -0.25) is 4.79 Å². The maximum absolute atomic E-state index is 13.0. The zero-order valence-corrected chi connectivity index (χ0v) is 20.0. The molecule has 0 bridgehead atoms. The third-order valence-electron chi connectivity index (χ3n) is 6.18. The first-order valence-corrected chi connectivity index (χ1v) is 11.4. The molecular formula is C26H29N7O2. The van der Waals surface area contributed by atoms with Gasteiger partial charge in [-0.2, -0.15) is 5.26 Å². The summed E-state index contributed by atoms with van der Waals surface area (Å²) in [6.45, 7) is 5.90. The van der Waals surface area contributed by atoms with E-state index in [1.807, 2.05) is 36.4 Å². The second-order valence-electron chi connectivity index (χ2n) is 8.70. The lowest BCUT2D eigenvalue weighted by molar-refractivity contribution is 0.0912. The number of fused-ring (bicyclic) bond motifs is 1. The van der Waals surface area contributed by atoms with Crippen molar-refractivity contribution >= 4 is 28.1 Å². The molecule has 1 fully saturated rings. The predicted octanol–water partition coefficient (Wildman–Crippen LogP) is 3.20. The molecule has 1 saturated heterocycles. The number of amides is 1. The summed E-state index contributed by atoms with van der Waals surface area (Å²) >= 11 is 0. The average Bonchev–Trinajstić information content (AvgIpc) is 2.88. The lowest BCUT2D eigenvalue weighted by Crippen LogP contribution is -2.43. The molecule has 180 valence electrons. The highest BCUT2D eigenvalue weighted by Gasteiger charge is 2.22. The fourth-order valence-electron chi connectivity index (χ4n) is 4.14. The molecule has 3 aromatic rings. The van der Waals surface area contributed by atoms with Gasteiger partial charge in [-0.15, -0.1) is 0 Å². The number of nitrogen functional groups attached to an aromatic ring is 1. The fourth-order valence-corrected chi connectivity index (χ4v) is 4.14. The number of methoxy groups -OCH3 is 1. The average molecular weight is 472 g/mol. The number of carbonyl (C=O) groups excluding carboxylic acids is 1. The Balaban J connectivity index is 1.66. The summed E-state index contributed by atoms with van der Waals surface area (Å²) in [4.78, 5) is 24.1. The molecule has 0 spiro atoms. The molecule has 35 heavy (non-hydrogen) atoms. The molecular weight excluding hydrogens is 442 g/mol. The van der Waals surface area contributed by atoms with Gasteiger partial charge in [0.25, 0.3) is 5.91 Å². The molecule has 1 amide bonds. The molecule has 0 saturated carbocycles. The van der Waals surface area contributed by atoms with Gasteiger partial charge in [-0.25, -0.2) is 9.97 Å². The van der Waals surface area contributed by atoms with Crippen LogP contribution < -0.4 is 21.1 Å². The van der Waals surface area contributed by atoms with Gasteiger partial charge >= 0.3 is 0 Å². The predicted molar refractivity (Wildman–Crippen MR) is 137 cm³/mol. The van der Waals surface area contributed by atoms with Gasteiger partial charge in [-0.05, 0) is 50.5 Å². The molecule has 1 aliphatic heterocycles. The van der Waals surface area contributed by atoms with Crippen LogP contribution in [0.4, 0.5) is 11.4 Å². The summed E-state index contributed by atoms with van der Waals surface area (Å²) in [6, 6.07) is 11.7. The van der Waals surface area contributed by atoms with Gasteiger partial charge in [0.1, 0.15) is 5.75 Å². The normalized spacial score (nSPS) is 14.3. The van der Waals surface area contributed by atoms with Crippen LogP contribution in [0.2, 0.25) is 0 Å². The summed E-state index contributed by atoms with van der Waals surface area (Å²) in [6.07, 6.45) is 3.25. The lowest BCUT2D eigenvalue weighted by atomic mass is 10.0. The Morgan fingerprint density at radius 2 is 2.06 bits per heavy atom. The number of piperidine rings is 1. The zero-order chi connectivity index (χ0) is 24.9. The molecule has 4 N–H and O–H groups in total. The van der Waals surface area contributed by atoms with Crippen LogP contribution in [-0.2, 0) is 0 Å². The van der Waals surface area contributed by atoms with Crippen molar-refractivity contribution in [3.63, 3.8) is 0 Å². The number of nitrogens with two attached hydrogens (primary N) is 1. The molecule has 2 heterocycles. The van der Waals surface area contributed by atoms with Crippen LogP contribution >= 0.6 is 0 Å². The zero-order valence-electron chi connectivity index (χ0n) is 20.0. The molecule has 9 nitrogen and oxygen atoms in total. The number of rotatable bonds is 7. The third kappa shape index (κ3) is 5.34. The maximum atomic E-state index is 13.0. The van der Waals surface area contributed by atoms with Crippen LogP contribution in [0.5, 0.6) is 5.75 Å². The van der Waals surface area contributed by atoms with Crippen molar-refractivity contribution in [3.05, 3.63) is 54.4 Å². The molecule has 0 atom stereocenters. The number of hydrogen-bond donors (Lipinski definition) is 3. The van der Waals surface area contributed by atoms with Crippen LogP contribution in [0.25, 0.3) is 22.2 Å². The Morgan fingerprint density at radius 1 is 1.31 bits per heavy atom. The highest BCUT2D eigenvalue weighted by molar-refractivity contribution is 6.00. The van der Waals surface area contributed by atoms with Crippen molar-refractivity contribution in [2.24, 2.45) is 0 Å². The van der Waals surface area contributed by atoms with Gasteiger partial charge in [-0.1, -0.05) is 24.8 Å². The topological polar surface area (TPSA) is 129 Å². The number of carbonyl (C=O) groups is 1. The standard InChI is InChI=1S/C26H29N7O2/c1-16(13-27)14-29-23-20-12-18(5-4-17(20)6-7-22(23)35-3)25-30-15-21(28)24(32-25)26(34)31-19-8-10-33(2)11-9-19/h4-7,12,15,19,29H,1,8-11,14,28H2,2-3H3,(H,31,34). The van der Waals surface area contributed by atoms with E-state index in [1.54, 1.807) is 7.11 Å². The second kappa shape index (κ2) is 10.4. The number of likely N-dealkylation sites (tertiary alicyclic amines) is 1. The van der Waals surface area contributed by atoms with E-state index in [2.05, 4.69) is 39.1 Å². The molecule has 4 rings (SSSR count). The molecule has 9 heteroatoms. The van der Waals surface area contributed by atoms with E-state index < -0.39 is 0 Å². The molecule has 1 aliphatic rings. The minimum Gasteiger partial charge on any atom is -0.495 e. The van der Waals surface area contributed by atoms with Crippen molar-refractivity contribution in [1.82, 2.24) is 20.2 Å². The summed E-state index contributed by atoms with van der Waals surface area (Å²) < 4.78 is 5.53. The monoisotopic (exact) mass is 471 g/mol. The quantitative estimate of drug-likeness (QED) is 0.448. The van der Waals surface area contributed by atoms with E-state index in [-0.39, 0.29) is 29.9 Å². The first-order chi connectivity index (χ1) is 16.9. The van der Waals surface area contributed by atoms with Crippen molar-refractivity contribution in [2.45, 2.75) is 18.9 Å². The number of nitriles is 1. The highest BCUT2D eigenvalue weighted by Crippen LogP contribution is 2.35. The van der Waals surface area contributed by atoms with Crippen LogP contribution in [0.1, 0.15) is 23.3 Å². The van der Waals surface area contributed by atoms with Gasteiger partial charge < -0.3 is 26.0 Å². The lowest BCUT2D eigenvalue weighted by Gasteiger charge is -2.29. The van der Waals surface area contributed by atoms with E-state index in [4.69, 9.17) is 15.7 Å². The molecule has 1 aromatic heterocycles. The second-order valence-corrected chi connectivity index (χ2v) is 8.70. The van der Waals surface area contributed by atoms with Crippen LogP contribution in [0.15, 0.2) is 48.7 Å². The molecule has 0 aliphatic carbocycles. The Hall–Kier alpha value is -4.16. The van der Waals surface area contributed by atoms with E-state index in [1.165, 1.54) is 6.20 Å². The summed E-state index contributed by atoms with van der Waals surface area (Å²) in [5, 5.41) is 17.2. The third-order valence-corrected chi connectivity index (χ3v) is 6.18. The Labute approximate surface area is 204 Å². The smallest absolute Gasteiger partial charge is 0.272 e. The van der Waals surface area contributed by atoms with Crippen molar-refractivity contribution in [3.8, 4) is 23.2 Å². The minimum absolute atomic E-state index is 0.0986. The Morgan fingerprint density at radius 3 is 2.77 bits per heavy atom. The largest absolute Gasteiger partial charge is 0.495 e. The number of nitrogens with one attached hydrogen (secondary N) is 2. The molecule has 0 radical (unpaired) electrons. The van der Waals surface area contributed by atoms with Crippen LogP contribution in [-0.4, -0.2) is 60.6 Å². The number of nitrogens with zero attached hydrogens (tertiary/aromatic N) is 4. The first-order valence-electron chi connectivity index (χ1n) is 11.4. The van der Waals surface area contributed by atoms with Gasteiger partial charge in [0.05, 0.1) is 30.8 Å². The van der Waals surface area contributed by atoms with Crippen molar-refractivity contribution in [2.75, 3.05) is 44.8 Å². The van der Waals surface area contributed by atoms with Gasteiger partial charge in [0, 0.05) is 29.1 Å². The van der Waals surface area contributed by atoms with E-state index in [0.717, 1.165) is 48.0 Å². The maximum Gasteiger partial charge on any atom is 0.272 e. The Kier molecular flexibility index (Phi) is 7.13. The SMILES string of the molecule is C=C(C#N)CNc1c(OC)ccc2ccc(-c3ncc(N)c(C(=O)NC4CCN(C)CC4)n3)cc12. The van der Waals surface area contributed by atoms with E-state index >= 15 is 0 Å². The van der Waals surface area contributed by atoms with Gasteiger partial charge in [0.15, 0.2) is 11.5 Å². The fraction of sp³-hybridized carbons (Fsp3) is 0.308. The molecule has 2 aromatic carbocycles. The summed E-state index contributed by atoms with van der Waals surface area (Å²) in [5.74, 6) is 0.738. The molecule has 0 unspecified atom stereocenters. The first kappa shape index (κ1) is 24.0. The van der Waals surface area contributed by atoms with Crippen molar-refractivity contribution in [1.29, 1.82) is 5.26 Å². The number of ether oxygens (including phenoxy) is 1. The Bertz CT molecular complexity index is 1310. The van der Waals surface area contributed by atoms with Crippen LogP contribution in [0.3, 0.4) is 0 Å². The van der Waals surface area contributed by atoms with Crippen LogP contribution in [0, 0.1) is 11.3 Å². The van der Waals surface area contributed by atoms with Crippen molar-refractivity contribution < 1.29 is 9.53 Å². The number of aromatic nitrogens is 2. The number of hydrogen-bond acceptors (Lipinski definition) is 8. The summed E-state index contributed by atoms with van der Waals surface area (Å²) in [5.41, 5.74) is 8.34. The van der Waals surface area contributed by atoms with E-state index in [0.29, 0.717) is 17.1 Å². The van der Waals surface area contributed by atoms with Gasteiger partial charge in [0.2, 0.25) is 0 Å². The summed E-state index contributed by atoms with van der Waals surface area (Å²) in [7, 11) is 3.67.